The second kappa shape index (κ2) is 12.3. The van der Waals surface area contributed by atoms with Crippen LogP contribution in [0.3, 0.4) is 0 Å². The minimum absolute atomic E-state index is 0.0342. The highest BCUT2D eigenvalue weighted by Crippen LogP contribution is 2.38. The molecule has 198 valence electrons. The third-order valence-corrected chi connectivity index (χ3v) is 6.56. The Bertz CT molecular complexity index is 1120. The molecule has 3 unspecified atom stereocenters. The normalized spacial score (nSPS) is 22.2. The molecule has 0 radical (unpaired) electrons. The third kappa shape index (κ3) is 6.94. The van der Waals surface area contributed by atoms with Crippen molar-refractivity contribution in [3.63, 3.8) is 0 Å². The number of nitrogens with one attached hydrogen (secondary N) is 1. The molecule has 0 saturated carbocycles. The molecular weight excluding hydrogens is 474 g/mol. The second-order valence-electron chi connectivity index (χ2n) is 9.70. The largest absolute Gasteiger partial charge is 0.493 e. The van der Waals surface area contributed by atoms with E-state index in [1.54, 1.807) is 11.6 Å². The van der Waals surface area contributed by atoms with Gasteiger partial charge in [-0.05, 0) is 61.8 Å². The van der Waals surface area contributed by atoms with E-state index in [1.165, 1.54) is 0 Å². The predicted octanol–water partition coefficient (Wildman–Crippen LogP) is 2.83. The van der Waals surface area contributed by atoms with Crippen molar-refractivity contribution in [2.24, 2.45) is 0 Å². The molecule has 4 rings (SSSR count). The summed E-state index contributed by atoms with van der Waals surface area (Å²) in [6.45, 7) is 3.97. The number of ether oxygens (including phenoxy) is 1. The Morgan fingerprint density at radius 1 is 1.03 bits per heavy atom. The summed E-state index contributed by atoms with van der Waals surface area (Å²) in [7, 11) is 4.25. The SMILES string of the molecule is CN1CN2CN(C)C(c3cc(-c4ccc(/C=C/C(=O)O)cc4)ccc3OCCCCC(=O)NO)N(C1)C2. The predicted molar refractivity (Wildman–Crippen MR) is 139 cm³/mol. The van der Waals surface area contributed by atoms with Crippen LogP contribution in [0.1, 0.15) is 36.6 Å². The minimum Gasteiger partial charge on any atom is -0.493 e. The number of unbranched alkanes of at least 4 members (excludes halogenated alkanes) is 1. The van der Waals surface area contributed by atoms with Gasteiger partial charge in [0.2, 0.25) is 5.91 Å². The van der Waals surface area contributed by atoms with Crippen molar-refractivity contribution in [3.8, 4) is 16.9 Å². The van der Waals surface area contributed by atoms with Crippen LogP contribution in [-0.2, 0) is 9.59 Å². The van der Waals surface area contributed by atoms with Crippen LogP contribution in [0, 0.1) is 0 Å². The number of carbonyl (C=O) groups excluding carboxylic acids is 1. The number of nitrogens with zero attached hydrogens (tertiary/aromatic N) is 4. The smallest absolute Gasteiger partial charge is 0.328 e. The average Bonchev–Trinajstić information content (AvgIpc) is 2.87. The van der Waals surface area contributed by atoms with E-state index in [2.05, 4.69) is 39.8 Å². The molecule has 10 heteroatoms. The summed E-state index contributed by atoms with van der Waals surface area (Å²) in [6, 6.07) is 14.0. The highest BCUT2D eigenvalue weighted by atomic mass is 16.5. The molecule has 0 aromatic heterocycles. The van der Waals surface area contributed by atoms with Gasteiger partial charge >= 0.3 is 5.97 Å². The summed E-state index contributed by atoms with van der Waals surface area (Å²) in [6.07, 6.45) is 4.32. The topological polar surface area (TPSA) is 109 Å². The Morgan fingerprint density at radius 3 is 2.51 bits per heavy atom. The molecule has 2 aromatic rings. The summed E-state index contributed by atoms with van der Waals surface area (Å²) >= 11 is 0. The summed E-state index contributed by atoms with van der Waals surface area (Å²) in [4.78, 5) is 31.5. The van der Waals surface area contributed by atoms with E-state index in [0.717, 1.165) is 60.8 Å². The molecule has 2 aliphatic rings. The fraction of sp³-hybridized carbons (Fsp3) is 0.407. The molecule has 2 aromatic carbocycles. The van der Waals surface area contributed by atoms with Crippen molar-refractivity contribution in [3.05, 3.63) is 59.7 Å². The van der Waals surface area contributed by atoms with Crippen LogP contribution < -0.4 is 10.2 Å². The zero-order chi connectivity index (χ0) is 26.4. The Morgan fingerprint density at radius 2 is 1.78 bits per heavy atom. The number of carboxylic acid groups (broad SMARTS) is 1. The van der Waals surface area contributed by atoms with Gasteiger partial charge in [0, 0.05) is 18.1 Å². The first-order valence-electron chi connectivity index (χ1n) is 12.4. The van der Waals surface area contributed by atoms with Crippen molar-refractivity contribution in [1.29, 1.82) is 0 Å². The maximum atomic E-state index is 11.3. The van der Waals surface area contributed by atoms with Crippen LogP contribution in [0.2, 0.25) is 0 Å². The average molecular weight is 510 g/mol. The molecule has 10 nitrogen and oxygen atoms in total. The van der Waals surface area contributed by atoms with E-state index in [1.807, 2.05) is 36.4 Å². The number of carbonyl (C=O) groups is 2. The van der Waals surface area contributed by atoms with Crippen molar-refractivity contribution in [2.45, 2.75) is 25.4 Å². The zero-order valence-corrected chi connectivity index (χ0v) is 21.3. The minimum atomic E-state index is -0.973. The number of amides is 1. The summed E-state index contributed by atoms with van der Waals surface area (Å²) in [5.41, 5.74) is 5.65. The standard InChI is InChI=1S/C27H35N5O5/c1-29-16-31-18-30(2)27(32(17-29)19-31)23-15-22(21-9-6-20(7-10-21)8-13-26(34)35)11-12-24(23)37-14-4-3-5-25(33)28-36/h6-13,15,27,36H,3-5,14,16-19H2,1-2H3,(H,28,33)(H,34,35)/b13-8+. The lowest BCUT2D eigenvalue weighted by Crippen LogP contribution is -2.63. The van der Waals surface area contributed by atoms with E-state index in [4.69, 9.17) is 15.1 Å². The number of benzene rings is 2. The quantitative estimate of drug-likeness (QED) is 0.193. The lowest BCUT2D eigenvalue weighted by Gasteiger charge is -2.52. The van der Waals surface area contributed by atoms with Crippen molar-refractivity contribution >= 4 is 18.0 Å². The lowest BCUT2D eigenvalue weighted by atomic mass is 9.98. The Labute approximate surface area is 217 Å². The number of fused-ring (bicyclic) bond motifs is 2. The summed E-state index contributed by atoms with van der Waals surface area (Å²) in [5, 5.41) is 17.5. The van der Waals surface area contributed by atoms with Gasteiger partial charge in [-0.2, -0.15) is 0 Å². The molecule has 0 aliphatic carbocycles. The number of rotatable bonds is 10. The molecule has 37 heavy (non-hydrogen) atoms. The highest BCUT2D eigenvalue weighted by molar-refractivity contribution is 5.85. The summed E-state index contributed by atoms with van der Waals surface area (Å²) < 4.78 is 6.24. The number of carboxylic acids is 1. The Hall–Kier alpha value is -3.28. The first-order valence-corrected chi connectivity index (χ1v) is 12.4. The Kier molecular flexibility index (Phi) is 8.91. The second-order valence-corrected chi connectivity index (χ2v) is 9.70. The van der Waals surface area contributed by atoms with Crippen molar-refractivity contribution in [2.75, 3.05) is 47.4 Å². The van der Waals surface area contributed by atoms with Gasteiger partial charge in [-0.15, -0.1) is 0 Å². The van der Waals surface area contributed by atoms with E-state index in [-0.39, 0.29) is 12.6 Å². The van der Waals surface area contributed by atoms with Gasteiger partial charge < -0.3 is 9.84 Å². The highest BCUT2D eigenvalue weighted by Gasteiger charge is 2.37. The van der Waals surface area contributed by atoms with Crippen LogP contribution in [0.5, 0.6) is 5.75 Å². The molecule has 3 N–H and O–H groups in total. The van der Waals surface area contributed by atoms with E-state index < -0.39 is 11.9 Å². The Balaban J connectivity index is 1.59. The first-order chi connectivity index (χ1) is 17.8. The number of hydrogen-bond acceptors (Lipinski definition) is 8. The third-order valence-electron chi connectivity index (χ3n) is 6.56. The van der Waals surface area contributed by atoms with Crippen LogP contribution >= 0.6 is 0 Å². The molecule has 0 spiro atoms. The van der Waals surface area contributed by atoms with Gasteiger partial charge in [0.05, 0.1) is 39.4 Å². The molecule has 2 fully saturated rings. The van der Waals surface area contributed by atoms with Crippen LogP contribution in [-0.4, -0.2) is 89.2 Å². The van der Waals surface area contributed by atoms with Crippen LogP contribution in [0.15, 0.2) is 48.5 Å². The van der Waals surface area contributed by atoms with Gasteiger partial charge in [-0.25, -0.2) is 10.3 Å². The first kappa shape index (κ1) is 26.8. The summed E-state index contributed by atoms with van der Waals surface area (Å²) in [5.74, 6) is -0.550. The maximum Gasteiger partial charge on any atom is 0.328 e. The van der Waals surface area contributed by atoms with Gasteiger partial charge in [-0.3, -0.25) is 29.6 Å². The monoisotopic (exact) mass is 509 g/mol. The number of hydrogen-bond donors (Lipinski definition) is 3. The van der Waals surface area contributed by atoms with Crippen LogP contribution in [0.25, 0.3) is 17.2 Å². The lowest BCUT2D eigenvalue weighted by molar-refractivity contribution is -0.148. The molecule has 2 aliphatic heterocycles. The van der Waals surface area contributed by atoms with Crippen LogP contribution in [0.4, 0.5) is 0 Å². The molecular formula is C27H35N5O5. The van der Waals surface area contributed by atoms with E-state index in [9.17, 15) is 9.59 Å². The zero-order valence-electron chi connectivity index (χ0n) is 21.3. The van der Waals surface area contributed by atoms with Gasteiger partial charge in [0.1, 0.15) is 5.75 Å². The van der Waals surface area contributed by atoms with Crippen molar-refractivity contribution < 1.29 is 24.6 Å². The molecule has 3 atom stereocenters. The number of aliphatic carboxylic acids is 1. The van der Waals surface area contributed by atoms with Gasteiger partial charge in [0.25, 0.3) is 0 Å². The van der Waals surface area contributed by atoms with Gasteiger partial charge in [-0.1, -0.05) is 30.3 Å². The fourth-order valence-corrected chi connectivity index (χ4v) is 5.03. The molecule has 1 amide bonds. The van der Waals surface area contributed by atoms with E-state index in [0.29, 0.717) is 19.4 Å². The van der Waals surface area contributed by atoms with E-state index >= 15 is 0 Å². The molecule has 2 saturated heterocycles. The number of hydroxylamine groups is 1. The van der Waals surface area contributed by atoms with Crippen molar-refractivity contribution in [1.82, 2.24) is 25.1 Å². The van der Waals surface area contributed by atoms with Gasteiger partial charge in [0.15, 0.2) is 0 Å². The fourth-order valence-electron chi connectivity index (χ4n) is 5.03. The molecule has 2 heterocycles. The molecule has 2 bridgehead atoms. The maximum absolute atomic E-state index is 11.3.